The SMILES string of the molecule is C=C=CC(NC1CCC1)C(CCC)C(CC(C)N1CCOCC1)C(=O)NC[C@H](O)CN1CCc2cc(OCC3CNCO3)ccc2C1. The molecule has 3 heterocycles. The summed E-state index contributed by atoms with van der Waals surface area (Å²) in [4.78, 5) is 18.8. The Hall–Kier alpha value is -2.27. The van der Waals surface area contributed by atoms with Gasteiger partial charge in [0.05, 0.1) is 26.0 Å². The minimum atomic E-state index is -0.651. The van der Waals surface area contributed by atoms with Gasteiger partial charge in [0.25, 0.3) is 0 Å². The summed E-state index contributed by atoms with van der Waals surface area (Å²) >= 11 is 0. The van der Waals surface area contributed by atoms with E-state index in [0.717, 1.165) is 77.4 Å². The van der Waals surface area contributed by atoms with E-state index in [9.17, 15) is 9.90 Å². The van der Waals surface area contributed by atoms with Crippen molar-refractivity contribution in [1.82, 2.24) is 25.8 Å². The van der Waals surface area contributed by atoms with Crippen molar-refractivity contribution in [3.05, 3.63) is 47.7 Å². The molecule has 3 aliphatic heterocycles. The molecule has 10 nitrogen and oxygen atoms in total. The predicted octanol–water partition coefficient (Wildman–Crippen LogP) is 2.84. The molecule has 2 saturated heterocycles. The third kappa shape index (κ3) is 10.6. The van der Waals surface area contributed by atoms with E-state index in [0.29, 0.717) is 25.9 Å². The molecule has 0 aromatic heterocycles. The number of nitrogens with zero attached hydrogens (tertiary/aromatic N) is 2. The lowest BCUT2D eigenvalue weighted by Gasteiger charge is -2.40. The maximum Gasteiger partial charge on any atom is 0.223 e. The van der Waals surface area contributed by atoms with E-state index < -0.39 is 6.10 Å². The molecular weight excluding hydrogens is 594 g/mol. The van der Waals surface area contributed by atoms with Crippen molar-refractivity contribution in [1.29, 1.82) is 0 Å². The first-order valence-corrected chi connectivity index (χ1v) is 18.1. The first-order chi connectivity index (χ1) is 22.9. The summed E-state index contributed by atoms with van der Waals surface area (Å²) < 4.78 is 17.2. The highest BCUT2D eigenvalue weighted by Crippen LogP contribution is 2.31. The zero-order valence-electron chi connectivity index (χ0n) is 28.8. The molecule has 1 aromatic carbocycles. The fraction of sp³-hybridized carbons (Fsp3) is 0.730. The highest BCUT2D eigenvalue weighted by atomic mass is 16.5. The van der Waals surface area contributed by atoms with Crippen LogP contribution in [0.5, 0.6) is 5.75 Å². The van der Waals surface area contributed by atoms with E-state index in [-0.39, 0.29) is 42.5 Å². The number of fused-ring (bicyclic) bond motifs is 1. The van der Waals surface area contributed by atoms with E-state index in [1.165, 1.54) is 30.4 Å². The quantitative estimate of drug-likeness (QED) is 0.178. The molecule has 0 bridgehead atoms. The van der Waals surface area contributed by atoms with Crippen molar-refractivity contribution in [3.63, 3.8) is 0 Å². The summed E-state index contributed by atoms with van der Waals surface area (Å²) in [5.74, 6) is 0.834. The van der Waals surface area contributed by atoms with Crippen LogP contribution in [0.3, 0.4) is 0 Å². The number of hydrogen-bond acceptors (Lipinski definition) is 9. The lowest BCUT2D eigenvalue weighted by molar-refractivity contribution is -0.128. The maximum absolute atomic E-state index is 14.1. The van der Waals surface area contributed by atoms with Crippen LogP contribution in [-0.2, 0) is 27.2 Å². The van der Waals surface area contributed by atoms with Gasteiger partial charge in [0.2, 0.25) is 5.91 Å². The molecule has 1 aromatic rings. The van der Waals surface area contributed by atoms with Crippen molar-refractivity contribution >= 4 is 5.91 Å². The Morgan fingerprint density at radius 3 is 2.79 bits per heavy atom. The van der Waals surface area contributed by atoms with Crippen LogP contribution in [0, 0.1) is 11.8 Å². The fourth-order valence-corrected chi connectivity index (χ4v) is 7.54. The van der Waals surface area contributed by atoms with E-state index in [1.807, 2.05) is 12.1 Å². The number of rotatable bonds is 18. The van der Waals surface area contributed by atoms with Gasteiger partial charge in [-0.2, -0.15) is 0 Å². The van der Waals surface area contributed by atoms with Gasteiger partial charge in [-0.15, -0.1) is 5.73 Å². The molecule has 6 atom stereocenters. The molecule has 1 amide bonds. The zero-order chi connectivity index (χ0) is 33.0. The van der Waals surface area contributed by atoms with Crippen molar-refractivity contribution in [2.45, 2.75) is 95.7 Å². The third-order valence-electron chi connectivity index (χ3n) is 10.5. The van der Waals surface area contributed by atoms with Crippen molar-refractivity contribution in [3.8, 4) is 5.75 Å². The molecule has 0 spiro atoms. The predicted molar refractivity (Wildman–Crippen MR) is 184 cm³/mol. The summed E-state index contributed by atoms with van der Waals surface area (Å²) in [6, 6.07) is 7.10. The van der Waals surface area contributed by atoms with Crippen LogP contribution in [0.15, 0.2) is 36.6 Å². The van der Waals surface area contributed by atoms with Gasteiger partial charge in [-0.3, -0.25) is 19.9 Å². The van der Waals surface area contributed by atoms with Crippen molar-refractivity contribution < 1.29 is 24.1 Å². The minimum absolute atomic E-state index is 0.0378. The van der Waals surface area contributed by atoms with E-state index in [1.54, 1.807) is 0 Å². The first-order valence-electron chi connectivity index (χ1n) is 18.1. The Morgan fingerprint density at radius 2 is 2.09 bits per heavy atom. The number of amides is 1. The molecule has 4 N–H and O–H groups in total. The van der Waals surface area contributed by atoms with Gasteiger partial charge in [-0.1, -0.05) is 32.4 Å². The molecule has 47 heavy (non-hydrogen) atoms. The summed E-state index contributed by atoms with van der Waals surface area (Å²) in [5, 5.41) is 21.3. The average Bonchev–Trinajstić information content (AvgIpc) is 3.59. The van der Waals surface area contributed by atoms with Crippen molar-refractivity contribution in [2.24, 2.45) is 11.8 Å². The molecule has 10 heteroatoms. The molecule has 1 aliphatic carbocycles. The minimum Gasteiger partial charge on any atom is -0.491 e. The molecule has 5 rings (SSSR count). The Labute approximate surface area is 282 Å². The van der Waals surface area contributed by atoms with Crippen LogP contribution in [0.25, 0.3) is 0 Å². The van der Waals surface area contributed by atoms with Gasteiger partial charge < -0.3 is 30.0 Å². The average molecular weight is 654 g/mol. The highest BCUT2D eigenvalue weighted by molar-refractivity contribution is 5.79. The Kier molecular flexibility index (Phi) is 14.2. The van der Waals surface area contributed by atoms with Crippen LogP contribution < -0.4 is 20.7 Å². The van der Waals surface area contributed by atoms with Gasteiger partial charge >= 0.3 is 0 Å². The van der Waals surface area contributed by atoms with E-state index in [2.05, 4.69) is 64.0 Å². The number of aliphatic hydroxyl groups is 1. The number of aliphatic hydroxyl groups excluding tert-OH is 1. The Morgan fingerprint density at radius 1 is 1.26 bits per heavy atom. The molecule has 0 radical (unpaired) electrons. The maximum atomic E-state index is 14.1. The number of ether oxygens (including phenoxy) is 3. The standard InChI is InChI=1S/C37H59N5O5/c1-4-7-34(36(8-5-2)40-30-9-6-10-30)35(19-27(3)42-15-17-45-18-16-42)37(44)39-21-31(43)24-41-14-13-28-20-32(12-11-29(28)23-41)46-25-33-22-38-26-47-33/h8,11-12,20,27,30-31,33-36,38,40,43H,2,4,6-7,9-10,13-19,21-26H2,1,3H3,(H,39,44)/t27?,31-,33?,34?,35?,36?/m0/s1. The second kappa shape index (κ2) is 18.5. The molecular formula is C37H59N5O5. The van der Waals surface area contributed by atoms with E-state index >= 15 is 0 Å². The normalized spacial score (nSPS) is 23.9. The molecule has 5 unspecified atom stereocenters. The second-order valence-corrected chi connectivity index (χ2v) is 14.0. The molecule has 1 saturated carbocycles. The summed E-state index contributed by atoms with van der Waals surface area (Å²) in [5.41, 5.74) is 5.60. The Bertz CT molecular complexity index is 1160. The van der Waals surface area contributed by atoms with Crippen LogP contribution in [0.2, 0.25) is 0 Å². The highest BCUT2D eigenvalue weighted by Gasteiger charge is 2.37. The lowest BCUT2D eigenvalue weighted by Crippen LogP contribution is -2.52. The monoisotopic (exact) mass is 653 g/mol. The Balaban J connectivity index is 1.17. The first kappa shape index (κ1) is 36.0. The number of nitrogens with one attached hydrogen (secondary N) is 3. The summed E-state index contributed by atoms with van der Waals surface area (Å²) in [6.45, 7) is 15.9. The summed E-state index contributed by atoms with van der Waals surface area (Å²) in [6.07, 6.45) is 8.69. The lowest BCUT2D eigenvalue weighted by atomic mass is 9.77. The molecule has 4 aliphatic rings. The van der Waals surface area contributed by atoms with Crippen LogP contribution in [-0.4, -0.2) is 117 Å². The summed E-state index contributed by atoms with van der Waals surface area (Å²) in [7, 11) is 0. The van der Waals surface area contributed by atoms with Crippen LogP contribution >= 0.6 is 0 Å². The van der Waals surface area contributed by atoms with Gasteiger partial charge in [-0.25, -0.2) is 0 Å². The van der Waals surface area contributed by atoms with Crippen LogP contribution in [0.4, 0.5) is 0 Å². The fourth-order valence-electron chi connectivity index (χ4n) is 7.54. The number of hydrogen-bond donors (Lipinski definition) is 4. The van der Waals surface area contributed by atoms with Gasteiger partial charge in [-0.05, 0) is 74.3 Å². The van der Waals surface area contributed by atoms with Crippen molar-refractivity contribution in [2.75, 3.05) is 65.8 Å². The number of carbonyl (C=O) groups excluding carboxylic acids is 1. The largest absolute Gasteiger partial charge is 0.491 e. The molecule has 3 fully saturated rings. The number of carbonyl (C=O) groups is 1. The van der Waals surface area contributed by atoms with E-state index in [4.69, 9.17) is 14.2 Å². The van der Waals surface area contributed by atoms with Gasteiger partial charge in [0, 0.05) is 69.9 Å². The smallest absolute Gasteiger partial charge is 0.223 e. The zero-order valence-corrected chi connectivity index (χ0v) is 28.8. The third-order valence-corrected chi connectivity index (χ3v) is 10.5. The molecule has 262 valence electrons. The topological polar surface area (TPSA) is 108 Å². The van der Waals surface area contributed by atoms with Gasteiger partial charge in [0.15, 0.2) is 0 Å². The number of benzene rings is 1. The number of morpholine rings is 1. The number of β-amino-alcohol motifs (C(OH)–C–C–N with tert-alkyl or cyclic N) is 1. The second-order valence-electron chi connectivity index (χ2n) is 14.0. The van der Waals surface area contributed by atoms with Crippen LogP contribution in [0.1, 0.15) is 63.5 Å². The van der Waals surface area contributed by atoms with Gasteiger partial charge in [0.1, 0.15) is 18.5 Å².